The van der Waals surface area contributed by atoms with Gasteiger partial charge in [0.05, 0.1) is 19.8 Å². The van der Waals surface area contributed by atoms with Crippen LogP contribution in [0.5, 0.6) is 0 Å². The van der Waals surface area contributed by atoms with Gasteiger partial charge in [-0.25, -0.2) is 4.57 Å². The second-order valence-electron chi connectivity index (χ2n) is 15.6. The second-order valence-corrected chi connectivity index (χ2v) is 17.0. The number of esters is 1. The number of phosphoric acid groups is 1. The third kappa shape index (κ3) is 46.7. The van der Waals surface area contributed by atoms with Crippen LogP contribution in [0.25, 0.3) is 0 Å². The number of carbonyl (C=O) groups is 1. The number of hydrogen-bond acceptors (Lipinski definition) is 7. The molecule has 0 radical (unpaired) electrons. The van der Waals surface area contributed by atoms with Crippen molar-refractivity contribution in [1.29, 1.82) is 0 Å². The molecule has 2 atom stereocenters. The van der Waals surface area contributed by atoms with Gasteiger partial charge in [0.1, 0.15) is 6.10 Å². The van der Waals surface area contributed by atoms with Gasteiger partial charge < -0.3 is 20.1 Å². The van der Waals surface area contributed by atoms with E-state index >= 15 is 0 Å². The Hall–Kier alpha value is -2.32. The normalized spacial score (nSPS) is 14.1. The predicted octanol–water partition coefficient (Wildman–Crippen LogP) is 14.9. The maximum absolute atomic E-state index is 12.6. The molecule has 0 saturated heterocycles. The molecule has 0 saturated carbocycles. The topological polar surface area (TPSA) is 117 Å². The first kappa shape index (κ1) is 57.7. The van der Waals surface area contributed by atoms with Crippen LogP contribution >= 0.6 is 7.82 Å². The molecule has 0 aromatic heterocycles. The number of unbranched alkanes of at least 4 members (excludes halogenated alkanes) is 18. The SMILES string of the molecule is CC/C=C\C/C=C\C/C=C\C/C=C\CCCCCCC(=O)OC(COCCCCCCCCCCC/C=C\C/C=C\C/C=C\CCCCCCC)COP(=O)(O)OCCN. The summed E-state index contributed by atoms with van der Waals surface area (Å²) in [6, 6.07) is 0. The van der Waals surface area contributed by atoms with Crippen molar-refractivity contribution in [1.82, 2.24) is 0 Å². The van der Waals surface area contributed by atoms with Gasteiger partial charge in [0.25, 0.3) is 0 Å². The molecule has 0 aliphatic rings. The van der Waals surface area contributed by atoms with Crippen molar-refractivity contribution in [2.24, 2.45) is 5.73 Å². The molecule has 0 aromatic carbocycles. The zero-order chi connectivity index (χ0) is 43.7. The van der Waals surface area contributed by atoms with Crippen LogP contribution in [-0.4, -0.2) is 49.9 Å². The van der Waals surface area contributed by atoms with Crippen molar-refractivity contribution in [2.45, 2.75) is 200 Å². The molecular weight excluding hydrogens is 770 g/mol. The largest absolute Gasteiger partial charge is 0.472 e. The van der Waals surface area contributed by atoms with E-state index in [0.29, 0.717) is 6.61 Å². The average molecular weight is 860 g/mol. The van der Waals surface area contributed by atoms with E-state index in [2.05, 4.69) is 98.9 Å². The van der Waals surface area contributed by atoms with Crippen molar-refractivity contribution in [3.63, 3.8) is 0 Å². The third-order valence-corrected chi connectivity index (χ3v) is 10.8. The van der Waals surface area contributed by atoms with Gasteiger partial charge in [-0.05, 0) is 89.9 Å². The van der Waals surface area contributed by atoms with Gasteiger partial charge in [-0.1, -0.05) is 182 Å². The van der Waals surface area contributed by atoms with E-state index < -0.39 is 13.9 Å². The van der Waals surface area contributed by atoms with Crippen molar-refractivity contribution in [2.75, 3.05) is 33.0 Å². The second kappa shape index (κ2) is 47.7. The summed E-state index contributed by atoms with van der Waals surface area (Å²) in [4.78, 5) is 22.5. The molecule has 0 rings (SSSR count). The standard InChI is InChI=1S/C51H90NO7P/c1-3-5-7-9-11-13-15-17-19-21-22-23-24-25-26-27-29-31-33-35-37-39-41-43-46-56-48-50(49-58-60(54,55)57-47-45-52)59-51(53)44-42-40-38-36-34-32-30-28-20-18-16-14-12-10-8-6-4-2/h6,8,12,14-15,17-18,20-22,24-25,30,32,50H,3-5,7,9-11,13,16,19,23,26-29,31,33-49,52H2,1-2H3,(H,54,55)/b8-6-,14-12-,17-15-,20-18-,22-21-,25-24-,32-30-. The van der Waals surface area contributed by atoms with Gasteiger partial charge in [0, 0.05) is 19.6 Å². The molecule has 0 heterocycles. The Balaban J connectivity index is 4.03. The Morgan fingerprint density at radius 1 is 0.517 bits per heavy atom. The molecule has 60 heavy (non-hydrogen) atoms. The Labute approximate surface area is 368 Å². The lowest BCUT2D eigenvalue weighted by Crippen LogP contribution is -2.28. The summed E-state index contributed by atoms with van der Waals surface area (Å²) < 4.78 is 33.5. The third-order valence-electron chi connectivity index (χ3n) is 9.80. The molecule has 0 bridgehead atoms. The lowest BCUT2D eigenvalue weighted by molar-refractivity contribution is -0.154. The molecule has 9 heteroatoms. The Morgan fingerprint density at radius 2 is 0.933 bits per heavy atom. The molecule has 346 valence electrons. The maximum Gasteiger partial charge on any atom is 0.472 e. The lowest BCUT2D eigenvalue weighted by Gasteiger charge is -2.20. The predicted molar refractivity (Wildman–Crippen MR) is 256 cm³/mol. The zero-order valence-corrected chi connectivity index (χ0v) is 39.3. The Kier molecular flexibility index (Phi) is 45.9. The number of hydrogen-bond donors (Lipinski definition) is 2. The summed E-state index contributed by atoms with van der Waals surface area (Å²) in [5.41, 5.74) is 5.38. The van der Waals surface area contributed by atoms with Crippen LogP contribution in [0.1, 0.15) is 194 Å². The summed E-state index contributed by atoms with van der Waals surface area (Å²) in [5, 5.41) is 0. The minimum Gasteiger partial charge on any atom is -0.457 e. The first-order valence-corrected chi connectivity index (χ1v) is 25.6. The summed E-state index contributed by atoms with van der Waals surface area (Å²) in [6.45, 7) is 4.74. The quantitative estimate of drug-likeness (QED) is 0.0269. The first-order valence-electron chi connectivity index (χ1n) is 24.1. The Bertz CT molecular complexity index is 1190. The fraction of sp³-hybridized carbons (Fsp3) is 0.706. The van der Waals surface area contributed by atoms with E-state index in [1.807, 2.05) is 0 Å². The Morgan fingerprint density at radius 3 is 1.40 bits per heavy atom. The van der Waals surface area contributed by atoms with Crippen LogP contribution in [0.2, 0.25) is 0 Å². The van der Waals surface area contributed by atoms with Crippen molar-refractivity contribution < 1.29 is 32.8 Å². The number of carbonyl (C=O) groups excluding carboxylic acids is 1. The minimum absolute atomic E-state index is 0.0905. The number of ether oxygens (including phenoxy) is 2. The average Bonchev–Trinajstić information content (AvgIpc) is 3.24. The zero-order valence-electron chi connectivity index (χ0n) is 38.4. The molecule has 0 aliphatic carbocycles. The summed E-state index contributed by atoms with van der Waals surface area (Å²) in [5.74, 6) is -0.358. The number of rotatable bonds is 45. The van der Waals surface area contributed by atoms with Crippen LogP contribution in [0.4, 0.5) is 0 Å². The fourth-order valence-electron chi connectivity index (χ4n) is 6.29. The number of nitrogens with two attached hydrogens (primary N) is 1. The van der Waals surface area contributed by atoms with Gasteiger partial charge in [-0.2, -0.15) is 0 Å². The molecule has 0 aromatic rings. The molecule has 2 unspecified atom stereocenters. The van der Waals surface area contributed by atoms with E-state index in [9.17, 15) is 14.3 Å². The van der Waals surface area contributed by atoms with E-state index in [1.54, 1.807) is 0 Å². The number of allylic oxidation sites excluding steroid dienone is 14. The molecule has 0 fully saturated rings. The van der Waals surface area contributed by atoms with Gasteiger partial charge in [0.15, 0.2) is 0 Å². The van der Waals surface area contributed by atoms with E-state index in [1.165, 1.54) is 89.9 Å². The number of phosphoric ester groups is 1. The van der Waals surface area contributed by atoms with Crippen LogP contribution in [-0.2, 0) is 27.9 Å². The van der Waals surface area contributed by atoms with E-state index in [0.717, 1.165) is 83.5 Å². The molecule has 0 amide bonds. The summed E-state index contributed by atoms with van der Waals surface area (Å²) >= 11 is 0. The molecule has 3 N–H and O–H groups in total. The minimum atomic E-state index is -4.29. The highest BCUT2D eigenvalue weighted by Crippen LogP contribution is 2.43. The molecule has 8 nitrogen and oxygen atoms in total. The smallest absolute Gasteiger partial charge is 0.457 e. The van der Waals surface area contributed by atoms with E-state index in [4.69, 9.17) is 24.3 Å². The van der Waals surface area contributed by atoms with Crippen molar-refractivity contribution >= 4 is 13.8 Å². The maximum atomic E-state index is 12.6. The molecule has 0 aliphatic heterocycles. The first-order chi connectivity index (χ1) is 29.4. The van der Waals surface area contributed by atoms with Gasteiger partial charge in [-0.15, -0.1) is 0 Å². The van der Waals surface area contributed by atoms with Crippen LogP contribution < -0.4 is 5.73 Å². The van der Waals surface area contributed by atoms with Crippen LogP contribution in [0.15, 0.2) is 85.1 Å². The highest BCUT2D eigenvalue weighted by atomic mass is 31.2. The van der Waals surface area contributed by atoms with Gasteiger partial charge >= 0.3 is 13.8 Å². The van der Waals surface area contributed by atoms with E-state index in [-0.39, 0.29) is 38.8 Å². The lowest BCUT2D eigenvalue weighted by atomic mass is 10.1. The molecule has 0 spiro atoms. The summed E-state index contributed by atoms with van der Waals surface area (Å²) in [7, 11) is -4.29. The van der Waals surface area contributed by atoms with Crippen LogP contribution in [0.3, 0.4) is 0 Å². The van der Waals surface area contributed by atoms with Crippen molar-refractivity contribution in [3.05, 3.63) is 85.1 Å². The molecular formula is C51H90NO7P. The van der Waals surface area contributed by atoms with Gasteiger partial charge in [0.2, 0.25) is 0 Å². The summed E-state index contributed by atoms with van der Waals surface area (Å²) in [6.07, 6.45) is 61.8. The fourth-order valence-corrected chi connectivity index (χ4v) is 7.05. The van der Waals surface area contributed by atoms with Crippen molar-refractivity contribution in [3.8, 4) is 0 Å². The highest BCUT2D eigenvalue weighted by Gasteiger charge is 2.25. The highest BCUT2D eigenvalue weighted by molar-refractivity contribution is 7.47. The monoisotopic (exact) mass is 860 g/mol. The van der Waals surface area contributed by atoms with Crippen LogP contribution in [0, 0.1) is 0 Å². The van der Waals surface area contributed by atoms with Gasteiger partial charge in [-0.3, -0.25) is 13.8 Å².